The van der Waals surface area contributed by atoms with Gasteiger partial charge in [0.1, 0.15) is 6.04 Å². The molecule has 1 aromatic rings. The lowest BCUT2D eigenvalue weighted by Gasteiger charge is -2.10. The molecule has 1 aromatic carbocycles. The molecule has 0 heterocycles. The Morgan fingerprint density at radius 3 is 2.60 bits per heavy atom. The van der Waals surface area contributed by atoms with Gasteiger partial charge in [-0.3, -0.25) is 4.79 Å². The minimum absolute atomic E-state index is 0.370. The minimum atomic E-state index is -0.893. The van der Waals surface area contributed by atoms with Crippen LogP contribution in [0.1, 0.15) is 5.56 Å². The Morgan fingerprint density at radius 1 is 1.47 bits per heavy atom. The molecular formula is C9H8Cl2INO2. The number of hydrogen-bond acceptors (Lipinski definition) is 2. The minimum Gasteiger partial charge on any atom is -0.480 e. The fourth-order valence-electron chi connectivity index (χ4n) is 1.07. The van der Waals surface area contributed by atoms with Gasteiger partial charge in [0.2, 0.25) is 0 Å². The lowest BCUT2D eigenvalue weighted by Crippen LogP contribution is -2.32. The van der Waals surface area contributed by atoms with Crippen LogP contribution in [0.5, 0.6) is 0 Å². The zero-order valence-corrected chi connectivity index (χ0v) is 11.2. The molecule has 0 aliphatic carbocycles. The molecule has 0 amide bonds. The fraction of sp³-hybridized carbons (Fsp3) is 0.222. The van der Waals surface area contributed by atoms with Crippen LogP contribution in [0.25, 0.3) is 0 Å². The summed E-state index contributed by atoms with van der Waals surface area (Å²) >= 11 is 13.4. The number of halogens is 3. The van der Waals surface area contributed by atoms with Crippen LogP contribution < -0.4 is 3.53 Å². The van der Waals surface area contributed by atoms with Gasteiger partial charge in [0.25, 0.3) is 0 Å². The topological polar surface area (TPSA) is 49.3 Å². The highest BCUT2D eigenvalue weighted by Crippen LogP contribution is 2.23. The Morgan fingerprint density at radius 2 is 2.13 bits per heavy atom. The third-order valence-electron chi connectivity index (χ3n) is 1.85. The quantitative estimate of drug-likeness (QED) is 0.642. The van der Waals surface area contributed by atoms with Gasteiger partial charge in [-0.15, -0.1) is 0 Å². The second kappa shape index (κ2) is 5.89. The van der Waals surface area contributed by atoms with Crippen LogP contribution in [0.3, 0.4) is 0 Å². The molecule has 82 valence electrons. The number of carbonyl (C=O) groups is 1. The molecule has 0 fully saturated rings. The molecule has 0 aromatic heterocycles. The van der Waals surface area contributed by atoms with E-state index in [1.807, 2.05) is 22.9 Å². The summed E-state index contributed by atoms with van der Waals surface area (Å²) in [6.07, 6.45) is 0.370. The third-order valence-corrected chi connectivity index (χ3v) is 3.34. The maximum atomic E-state index is 10.8. The van der Waals surface area contributed by atoms with Crippen LogP contribution >= 0.6 is 46.1 Å². The van der Waals surface area contributed by atoms with Gasteiger partial charge in [-0.25, -0.2) is 3.53 Å². The molecule has 0 radical (unpaired) electrons. The molecule has 0 bridgehead atoms. The summed E-state index contributed by atoms with van der Waals surface area (Å²) in [5, 5.41) is 9.74. The number of benzene rings is 1. The van der Waals surface area contributed by atoms with E-state index in [1.165, 1.54) is 0 Å². The molecule has 2 N–H and O–H groups in total. The summed E-state index contributed by atoms with van der Waals surface area (Å²) in [5.74, 6) is -0.893. The lowest BCUT2D eigenvalue weighted by molar-refractivity contribution is -0.138. The van der Waals surface area contributed by atoms with Crippen molar-refractivity contribution in [2.45, 2.75) is 12.5 Å². The zero-order valence-electron chi connectivity index (χ0n) is 7.51. The number of rotatable bonds is 4. The number of nitrogens with one attached hydrogen (secondary N) is 1. The summed E-state index contributed by atoms with van der Waals surface area (Å²) < 4.78 is 2.68. The smallest absolute Gasteiger partial charge is 0.321 e. The number of hydrogen-bond donors (Lipinski definition) is 2. The van der Waals surface area contributed by atoms with Crippen LogP contribution in [-0.2, 0) is 11.2 Å². The van der Waals surface area contributed by atoms with E-state index >= 15 is 0 Å². The fourth-order valence-corrected chi connectivity index (χ4v) is 1.88. The number of aliphatic carboxylic acids is 1. The monoisotopic (exact) mass is 359 g/mol. The number of carboxylic acids is 1. The van der Waals surface area contributed by atoms with Gasteiger partial charge in [-0.2, -0.15) is 0 Å². The highest BCUT2D eigenvalue weighted by molar-refractivity contribution is 14.1. The van der Waals surface area contributed by atoms with Crippen LogP contribution in [-0.4, -0.2) is 17.1 Å². The normalized spacial score (nSPS) is 12.5. The summed E-state index contributed by atoms with van der Waals surface area (Å²) in [4.78, 5) is 10.8. The molecular weight excluding hydrogens is 352 g/mol. The predicted octanol–water partition coefficient (Wildman–Crippen LogP) is 2.93. The van der Waals surface area contributed by atoms with E-state index in [9.17, 15) is 4.79 Å². The Labute approximate surface area is 111 Å². The average Bonchev–Trinajstić information content (AvgIpc) is 2.19. The first-order valence-corrected chi connectivity index (χ1v) is 5.91. The van der Waals surface area contributed by atoms with Gasteiger partial charge in [-0.1, -0.05) is 29.3 Å². The third kappa shape index (κ3) is 3.79. The van der Waals surface area contributed by atoms with Crippen molar-refractivity contribution in [2.75, 3.05) is 0 Å². The van der Waals surface area contributed by atoms with Crippen molar-refractivity contribution in [1.82, 2.24) is 3.53 Å². The Hall–Kier alpha value is -0.0400. The predicted molar refractivity (Wildman–Crippen MR) is 68.7 cm³/mol. The van der Waals surface area contributed by atoms with E-state index in [-0.39, 0.29) is 0 Å². The van der Waals surface area contributed by atoms with Gasteiger partial charge in [-0.05, 0) is 24.1 Å². The molecule has 6 heteroatoms. The maximum Gasteiger partial charge on any atom is 0.321 e. The standard InChI is InChI=1S/C9H8Cl2INO2/c10-6-2-1-5(3-7(6)11)4-8(13-12)9(14)15/h1-3,8,13H,4H2,(H,14,15)/t8-/m0/s1. The van der Waals surface area contributed by atoms with Crippen LogP contribution in [0.2, 0.25) is 10.0 Å². The SMILES string of the molecule is O=C(O)[C@H](Cc1ccc(Cl)c(Cl)c1)NI. The van der Waals surface area contributed by atoms with E-state index in [4.69, 9.17) is 28.3 Å². The van der Waals surface area contributed by atoms with Gasteiger partial charge < -0.3 is 5.11 Å². The molecule has 3 nitrogen and oxygen atoms in total. The van der Waals surface area contributed by atoms with Crippen molar-refractivity contribution in [3.63, 3.8) is 0 Å². The van der Waals surface area contributed by atoms with E-state index in [0.29, 0.717) is 16.5 Å². The van der Waals surface area contributed by atoms with E-state index in [1.54, 1.807) is 18.2 Å². The highest BCUT2D eigenvalue weighted by atomic mass is 127. The summed E-state index contributed by atoms with van der Waals surface area (Å²) in [6.45, 7) is 0. The van der Waals surface area contributed by atoms with Crippen LogP contribution in [0.4, 0.5) is 0 Å². The highest BCUT2D eigenvalue weighted by Gasteiger charge is 2.16. The average molecular weight is 360 g/mol. The molecule has 1 rings (SSSR count). The van der Waals surface area contributed by atoms with Gasteiger partial charge in [0, 0.05) is 22.9 Å². The van der Waals surface area contributed by atoms with E-state index in [2.05, 4.69) is 3.53 Å². The Balaban J connectivity index is 2.80. The molecule has 15 heavy (non-hydrogen) atoms. The molecule has 0 saturated heterocycles. The summed E-state index contributed by atoms with van der Waals surface area (Å²) in [6, 6.07) is 4.47. The van der Waals surface area contributed by atoms with Gasteiger partial charge >= 0.3 is 5.97 Å². The Bertz CT molecular complexity index is 373. The van der Waals surface area contributed by atoms with Crippen molar-refractivity contribution in [3.05, 3.63) is 33.8 Å². The van der Waals surface area contributed by atoms with Crippen molar-refractivity contribution in [2.24, 2.45) is 0 Å². The lowest BCUT2D eigenvalue weighted by atomic mass is 10.1. The van der Waals surface area contributed by atoms with Crippen LogP contribution in [0.15, 0.2) is 18.2 Å². The Kier molecular flexibility index (Phi) is 5.11. The first-order chi connectivity index (χ1) is 7.04. The molecule has 0 aliphatic rings. The van der Waals surface area contributed by atoms with Crippen molar-refractivity contribution >= 4 is 52.0 Å². The first-order valence-electron chi connectivity index (χ1n) is 4.07. The van der Waals surface area contributed by atoms with Crippen molar-refractivity contribution in [3.8, 4) is 0 Å². The molecule has 1 atom stereocenters. The second-order valence-corrected chi connectivity index (χ2v) is 4.39. The van der Waals surface area contributed by atoms with Gasteiger partial charge in [0.15, 0.2) is 0 Å². The van der Waals surface area contributed by atoms with Gasteiger partial charge in [0.05, 0.1) is 10.0 Å². The summed E-state index contributed by atoms with van der Waals surface area (Å²) in [5.41, 5.74) is 0.834. The number of carboxylic acid groups (broad SMARTS) is 1. The first kappa shape index (κ1) is 13.0. The summed E-state index contributed by atoms with van der Waals surface area (Å²) in [7, 11) is 0. The second-order valence-electron chi connectivity index (χ2n) is 2.95. The molecule has 0 unspecified atom stereocenters. The van der Waals surface area contributed by atoms with E-state index < -0.39 is 12.0 Å². The van der Waals surface area contributed by atoms with Crippen LogP contribution in [0, 0.1) is 0 Å². The molecule has 0 aliphatic heterocycles. The molecule has 0 spiro atoms. The zero-order chi connectivity index (χ0) is 11.4. The van der Waals surface area contributed by atoms with Crippen molar-refractivity contribution < 1.29 is 9.90 Å². The van der Waals surface area contributed by atoms with E-state index in [0.717, 1.165) is 5.56 Å². The maximum absolute atomic E-state index is 10.8. The molecule has 0 saturated carbocycles. The largest absolute Gasteiger partial charge is 0.480 e. The van der Waals surface area contributed by atoms with Crippen molar-refractivity contribution in [1.29, 1.82) is 0 Å².